The van der Waals surface area contributed by atoms with Crippen LogP contribution in [0.5, 0.6) is 0 Å². The maximum Gasteiger partial charge on any atom is 0.306 e. The third-order valence-corrected chi connectivity index (χ3v) is 7.31. The third-order valence-electron chi connectivity index (χ3n) is 5.70. The summed E-state index contributed by atoms with van der Waals surface area (Å²) in [4.78, 5) is 28.7. The Morgan fingerprint density at radius 2 is 1.92 bits per heavy atom. The van der Waals surface area contributed by atoms with Crippen LogP contribution in [0.2, 0.25) is 0 Å². The minimum absolute atomic E-state index is 0.00614. The number of benzene rings is 1. The number of methoxy groups -OCH3 is 1. The normalized spacial score (nSPS) is 13.2. The Bertz CT molecular complexity index is 1480. The zero-order chi connectivity index (χ0) is 26.4. The van der Waals surface area contributed by atoms with Crippen molar-refractivity contribution >= 4 is 33.4 Å². The molecule has 0 atom stereocenters. The summed E-state index contributed by atoms with van der Waals surface area (Å²) >= 11 is 0. The van der Waals surface area contributed by atoms with E-state index in [0.29, 0.717) is 34.6 Å². The number of carbonyl (C=O) groups excluding carboxylic acids is 2. The fourth-order valence-electron chi connectivity index (χ4n) is 3.78. The Hall–Kier alpha value is -4.12. The molecule has 0 radical (unpaired) electrons. The van der Waals surface area contributed by atoms with Crippen LogP contribution in [0.25, 0.3) is 17.3 Å². The predicted octanol–water partition coefficient (Wildman–Crippen LogP) is 3.25. The molecule has 0 saturated carbocycles. The summed E-state index contributed by atoms with van der Waals surface area (Å²) in [5.74, 6) is -1.78. The lowest BCUT2D eigenvalue weighted by Crippen LogP contribution is -2.25. The fraction of sp³-hybridized carbons (Fsp3) is 0.231. The number of ether oxygens (including phenoxy) is 1. The van der Waals surface area contributed by atoms with E-state index in [1.165, 1.54) is 31.4 Å². The summed E-state index contributed by atoms with van der Waals surface area (Å²) in [5.41, 5.74) is 2.73. The highest BCUT2D eigenvalue weighted by molar-refractivity contribution is 7.91. The number of fused-ring (bicyclic) bond motifs is 1. The summed E-state index contributed by atoms with van der Waals surface area (Å²) in [7, 11) is -2.61. The molecule has 1 aliphatic rings. The number of amides is 1. The molecule has 0 aliphatic heterocycles. The minimum atomic E-state index is -3.80. The quantitative estimate of drug-likeness (QED) is 0.449. The van der Waals surface area contributed by atoms with E-state index in [-0.39, 0.29) is 29.7 Å². The Kier molecular flexibility index (Phi) is 7.92. The monoisotopic (exact) mass is 524 g/mol. The Morgan fingerprint density at radius 3 is 2.68 bits per heavy atom. The smallest absolute Gasteiger partial charge is 0.306 e. The molecule has 1 aromatic carbocycles. The molecule has 0 bridgehead atoms. The van der Waals surface area contributed by atoms with Gasteiger partial charge in [-0.2, -0.15) is 5.10 Å². The van der Waals surface area contributed by atoms with Gasteiger partial charge >= 0.3 is 5.97 Å². The number of rotatable bonds is 8. The van der Waals surface area contributed by atoms with Gasteiger partial charge in [0.05, 0.1) is 49.1 Å². The predicted molar refractivity (Wildman–Crippen MR) is 135 cm³/mol. The molecule has 2 aromatic heterocycles. The third kappa shape index (κ3) is 6.18. The maximum atomic E-state index is 13.4. The fourth-order valence-corrected chi connectivity index (χ4v) is 4.96. The number of sulfone groups is 1. The van der Waals surface area contributed by atoms with Gasteiger partial charge in [-0.3, -0.25) is 9.59 Å². The summed E-state index contributed by atoms with van der Waals surface area (Å²) in [6.45, 7) is -0.00614. The standard InChI is InChI=1S/C26H25FN4O5S/c1-36-25(32)14-15-37(34,35)24-9-5-6-19(30-24)16-28-26(33)21-7-3-2-4-8-23-22(21)17-29-31(23)20-12-10-18(27)11-13-20/h4-13,17H,2-3,14-16H2,1H3,(H,28,33). The van der Waals surface area contributed by atoms with Gasteiger partial charge in [-0.1, -0.05) is 18.2 Å². The first-order valence-electron chi connectivity index (χ1n) is 11.5. The van der Waals surface area contributed by atoms with Crippen LogP contribution in [0.3, 0.4) is 0 Å². The molecule has 0 saturated heterocycles. The number of nitrogens with one attached hydrogen (secondary N) is 1. The second-order valence-electron chi connectivity index (χ2n) is 8.22. The molecule has 2 heterocycles. The molecule has 3 aromatic rings. The Labute approximate surface area is 213 Å². The van der Waals surface area contributed by atoms with Crippen LogP contribution in [0.1, 0.15) is 36.2 Å². The average Bonchev–Trinajstić information content (AvgIpc) is 3.29. The van der Waals surface area contributed by atoms with E-state index < -0.39 is 21.6 Å². The number of hydrogen-bond donors (Lipinski definition) is 1. The zero-order valence-corrected chi connectivity index (χ0v) is 20.9. The van der Waals surface area contributed by atoms with E-state index in [1.54, 1.807) is 29.1 Å². The molecular formula is C26H25FN4O5S. The topological polar surface area (TPSA) is 120 Å². The Morgan fingerprint density at radius 1 is 1.14 bits per heavy atom. The molecule has 1 aliphatic carbocycles. The number of aromatic nitrogens is 3. The van der Waals surface area contributed by atoms with E-state index in [1.807, 2.05) is 18.2 Å². The van der Waals surface area contributed by atoms with Gasteiger partial charge in [-0.05, 0) is 55.3 Å². The summed E-state index contributed by atoms with van der Waals surface area (Å²) in [6.07, 6.45) is 8.38. The number of hydrogen-bond acceptors (Lipinski definition) is 7. The number of esters is 1. The summed E-state index contributed by atoms with van der Waals surface area (Å²) in [5, 5.41) is 7.04. The summed E-state index contributed by atoms with van der Waals surface area (Å²) < 4.78 is 44.6. The highest BCUT2D eigenvalue weighted by atomic mass is 32.2. The first-order valence-corrected chi connectivity index (χ1v) is 13.2. The van der Waals surface area contributed by atoms with Crippen LogP contribution in [0.15, 0.2) is 65.8 Å². The van der Waals surface area contributed by atoms with E-state index in [2.05, 4.69) is 20.1 Å². The van der Waals surface area contributed by atoms with E-state index in [4.69, 9.17) is 0 Å². The molecular weight excluding hydrogens is 499 g/mol. The van der Waals surface area contributed by atoms with Gasteiger partial charge < -0.3 is 10.1 Å². The highest BCUT2D eigenvalue weighted by Gasteiger charge is 2.22. The lowest BCUT2D eigenvalue weighted by Gasteiger charge is -2.12. The molecule has 0 fully saturated rings. The van der Waals surface area contributed by atoms with Gasteiger partial charge in [0.1, 0.15) is 5.82 Å². The molecule has 1 amide bonds. The van der Waals surface area contributed by atoms with Crippen LogP contribution >= 0.6 is 0 Å². The number of carbonyl (C=O) groups is 2. The lowest BCUT2D eigenvalue weighted by molar-refractivity contribution is -0.140. The SMILES string of the molecule is COC(=O)CCS(=O)(=O)c1cccc(CNC(=O)C2=CCCC=Cc3c2cnn3-c2ccc(F)cc2)n1. The van der Waals surface area contributed by atoms with Crippen molar-refractivity contribution in [2.24, 2.45) is 0 Å². The van der Waals surface area contributed by atoms with Crippen molar-refractivity contribution < 1.29 is 27.1 Å². The van der Waals surface area contributed by atoms with Gasteiger partial charge in [0.2, 0.25) is 0 Å². The molecule has 192 valence electrons. The van der Waals surface area contributed by atoms with Crippen LogP contribution in [0, 0.1) is 5.82 Å². The molecule has 4 rings (SSSR count). The molecule has 0 spiro atoms. The van der Waals surface area contributed by atoms with Crippen molar-refractivity contribution in [3.63, 3.8) is 0 Å². The van der Waals surface area contributed by atoms with E-state index in [9.17, 15) is 22.4 Å². The van der Waals surface area contributed by atoms with Crippen LogP contribution < -0.4 is 5.32 Å². The molecule has 11 heteroatoms. The van der Waals surface area contributed by atoms with Gasteiger partial charge in [0.25, 0.3) is 5.91 Å². The van der Waals surface area contributed by atoms with Crippen molar-refractivity contribution in [2.45, 2.75) is 30.8 Å². The van der Waals surface area contributed by atoms with E-state index >= 15 is 0 Å². The van der Waals surface area contributed by atoms with Gasteiger partial charge in [-0.25, -0.2) is 22.5 Å². The summed E-state index contributed by atoms with van der Waals surface area (Å²) in [6, 6.07) is 10.4. The first kappa shape index (κ1) is 26.0. The molecule has 0 unspecified atom stereocenters. The molecule has 9 nitrogen and oxygen atoms in total. The maximum absolute atomic E-state index is 13.4. The van der Waals surface area contributed by atoms with Crippen molar-refractivity contribution in [3.8, 4) is 5.69 Å². The second-order valence-corrected chi connectivity index (χ2v) is 10.3. The molecule has 1 N–H and O–H groups in total. The molecule has 37 heavy (non-hydrogen) atoms. The lowest BCUT2D eigenvalue weighted by atomic mass is 10.0. The number of allylic oxidation sites excluding steroid dienone is 2. The van der Waals surface area contributed by atoms with Gasteiger partial charge in [0, 0.05) is 11.1 Å². The van der Waals surface area contributed by atoms with Gasteiger partial charge in [-0.15, -0.1) is 0 Å². The largest absolute Gasteiger partial charge is 0.469 e. The van der Waals surface area contributed by atoms with Crippen LogP contribution in [0.4, 0.5) is 4.39 Å². The van der Waals surface area contributed by atoms with Crippen molar-refractivity contribution in [3.05, 3.63) is 83.6 Å². The minimum Gasteiger partial charge on any atom is -0.469 e. The van der Waals surface area contributed by atoms with Crippen LogP contribution in [-0.2, 0) is 30.7 Å². The number of halogens is 1. The number of pyridine rings is 1. The Balaban J connectivity index is 1.52. The van der Waals surface area contributed by atoms with E-state index in [0.717, 1.165) is 6.42 Å². The second kappa shape index (κ2) is 11.3. The average molecular weight is 525 g/mol. The van der Waals surface area contributed by atoms with Gasteiger partial charge in [0.15, 0.2) is 14.9 Å². The van der Waals surface area contributed by atoms with Crippen LogP contribution in [-0.4, -0.2) is 47.9 Å². The van der Waals surface area contributed by atoms with Crippen molar-refractivity contribution in [1.29, 1.82) is 0 Å². The van der Waals surface area contributed by atoms with Crippen molar-refractivity contribution in [2.75, 3.05) is 12.9 Å². The first-order chi connectivity index (χ1) is 17.8. The zero-order valence-electron chi connectivity index (χ0n) is 20.1. The van der Waals surface area contributed by atoms with Crippen molar-refractivity contribution in [1.82, 2.24) is 20.1 Å². The highest BCUT2D eigenvalue weighted by Crippen LogP contribution is 2.26. The number of nitrogens with zero attached hydrogens (tertiary/aromatic N) is 3.